The first-order valence-corrected chi connectivity index (χ1v) is 8.38. The second-order valence-corrected chi connectivity index (χ2v) is 11.3. The molecule has 0 heterocycles. The quantitative estimate of drug-likeness (QED) is 0.745. The van der Waals surface area contributed by atoms with Crippen LogP contribution in [0.15, 0.2) is 24.3 Å². The SMILES string of the molecule is CNCC(C1C=CC=C1)P(C(C)(C)C)C(C)(C)C. The van der Waals surface area contributed by atoms with Crippen molar-refractivity contribution in [3.63, 3.8) is 0 Å². The Bertz CT molecular complexity index is 291. The topological polar surface area (TPSA) is 12.0 Å². The Hall–Kier alpha value is -0.130. The summed E-state index contributed by atoms with van der Waals surface area (Å²) >= 11 is 0. The third kappa shape index (κ3) is 3.93. The summed E-state index contributed by atoms with van der Waals surface area (Å²) in [5, 5.41) is 4.19. The van der Waals surface area contributed by atoms with Crippen LogP contribution in [0, 0.1) is 5.92 Å². The number of allylic oxidation sites excluding steroid dienone is 4. The van der Waals surface area contributed by atoms with E-state index >= 15 is 0 Å². The zero-order valence-electron chi connectivity index (χ0n) is 13.1. The van der Waals surface area contributed by atoms with Crippen LogP contribution in [0.5, 0.6) is 0 Å². The molecule has 0 saturated carbocycles. The van der Waals surface area contributed by atoms with E-state index in [1.54, 1.807) is 0 Å². The van der Waals surface area contributed by atoms with E-state index in [1.807, 2.05) is 0 Å². The fraction of sp³-hybridized carbons (Fsp3) is 0.750. The first-order chi connectivity index (χ1) is 8.18. The summed E-state index contributed by atoms with van der Waals surface area (Å²) in [5.74, 6) is 0.613. The maximum Gasteiger partial charge on any atom is 0.00329 e. The molecule has 0 amide bonds. The van der Waals surface area contributed by atoms with Crippen molar-refractivity contribution in [2.45, 2.75) is 57.5 Å². The first kappa shape index (κ1) is 15.9. The maximum absolute atomic E-state index is 3.42. The Labute approximate surface area is 115 Å². The summed E-state index contributed by atoms with van der Waals surface area (Å²) in [6, 6.07) is 0. The molecule has 0 spiro atoms. The fourth-order valence-corrected chi connectivity index (χ4v) is 8.23. The Morgan fingerprint density at radius 3 is 1.78 bits per heavy atom. The van der Waals surface area contributed by atoms with Gasteiger partial charge in [0.05, 0.1) is 0 Å². The fourth-order valence-electron chi connectivity index (χ4n) is 3.32. The molecule has 0 aromatic carbocycles. The number of hydrogen-bond donors (Lipinski definition) is 1. The monoisotopic (exact) mass is 267 g/mol. The molecule has 1 nitrogen and oxygen atoms in total. The molecule has 0 aliphatic heterocycles. The molecule has 0 aromatic rings. The van der Waals surface area contributed by atoms with Gasteiger partial charge in [0.15, 0.2) is 0 Å². The van der Waals surface area contributed by atoms with E-state index in [0.29, 0.717) is 16.2 Å². The lowest BCUT2D eigenvalue weighted by atomic mass is 10.1. The Kier molecular flexibility index (Phi) is 5.21. The van der Waals surface area contributed by atoms with Crippen molar-refractivity contribution < 1.29 is 0 Å². The van der Waals surface area contributed by atoms with E-state index in [9.17, 15) is 0 Å². The van der Waals surface area contributed by atoms with Crippen LogP contribution >= 0.6 is 7.92 Å². The molecule has 0 saturated heterocycles. The largest absolute Gasteiger partial charge is 0.319 e. The van der Waals surface area contributed by atoms with Gasteiger partial charge in [-0.25, -0.2) is 0 Å². The summed E-state index contributed by atoms with van der Waals surface area (Å²) in [5.41, 5.74) is 0.722. The van der Waals surface area contributed by atoms with Gasteiger partial charge in [0.2, 0.25) is 0 Å². The van der Waals surface area contributed by atoms with Crippen LogP contribution < -0.4 is 5.32 Å². The molecule has 0 bridgehead atoms. The van der Waals surface area contributed by atoms with Crippen LogP contribution in [0.4, 0.5) is 0 Å². The van der Waals surface area contributed by atoms with Crippen LogP contribution in [0.3, 0.4) is 0 Å². The van der Waals surface area contributed by atoms with Gasteiger partial charge in [-0.3, -0.25) is 0 Å². The van der Waals surface area contributed by atoms with Crippen molar-refractivity contribution in [3.8, 4) is 0 Å². The Morgan fingerprint density at radius 1 is 1.00 bits per heavy atom. The van der Waals surface area contributed by atoms with Crippen molar-refractivity contribution in [2.24, 2.45) is 5.92 Å². The highest BCUT2D eigenvalue weighted by Gasteiger charge is 2.41. The highest BCUT2D eigenvalue weighted by Crippen LogP contribution is 2.64. The normalized spacial score (nSPS) is 18.9. The molecule has 104 valence electrons. The second kappa shape index (κ2) is 5.88. The van der Waals surface area contributed by atoms with Gasteiger partial charge >= 0.3 is 0 Å². The van der Waals surface area contributed by atoms with E-state index in [4.69, 9.17) is 0 Å². The Morgan fingerprint density at radius 2 is 1.44 bits per heavy atom. The highest BCUT2D eigenvalue weighted by molar-refractivity contribution is 7.61. The van der Waals surface area contributed by atoms with E-state index < -0.39 is 0 Å². The molecular weight excluding hydrogens is 237 g/mol. The van der Waals surface area contributed by atoms with Gasteiger partial charge in [-0.05, 0) is 17.4 Å². The second-order valence-electron chi connectivity index (χ2n) is 7.18. The van der Waals surface area contributed by atoms with Crippen molar-refractivity contribution in [3.05, 3.63) is 24.3 Å². The molecule has 1 rings (SSSR count). The lowest BCUT2D eigenvalue weighted by molar-refractivity contribution is 0.614. The molecular formula is C16H30NP. The third-order valence-corrected chi connectivity index (χ3v) is 7.49. The molecule has 1 atom stereocenters. The molecule has 1 aliphatic carbocycles. The molecule has 1 N–H and O–H groups in total. The number of nitrogens with one attached hydrogen (secondary N) is 1. The van der Waals surface area contributed by atoms with Gasteiger partial charge in [0.25, 0.3) is 0 Å². The highest BCUT2D eigenvalue weighted by atomic mass is 31.1. The average molecular weight is 267 g/mol. The molecule has 0 radical (unpaired) electrons. The summed E-state index contributed by atoms with van der Waals surface area (Å²) < 4.78 is 0. The minimum atomic E-state index is -0.0881. The predicted octanol–water partition coefficient (Wildman–Crippen LogP) is 4.40. The summed E-state index contributed by atoms with van der Waals surface area (Å²) in [4.78, 5) is 0. The van der Waals surface area contributed by atoms with Crippen molar-refractivity contribution >= 4 is 7.92 Å². The van der Waals surface area contributed by atoms with Gasteiger partial charge in [-0.2, -0.15) is 0 Å². The van der Waals surface area contributed by atoms with E-state index in [2.05, 4.69) is 78.2 Å². The predicted molar refractivity (Wildman–Crippen MR) is 85.9 cm³/mol. The number of hydrogen-bond acceptors (Lipinski definition) is 1. The average Bonchev–Trinajstić information content (AvgIpc) is 2.64. The van der Waals surface area contributed by atoms with E-state index in [1.165, 1.54) is 0 Å². The summed E-state index contributed by atoms with van der Waals surface area (Å²) in [6.45, 7) is 15.6. The number of rotatable bonds is 4. The lowest BCUT2D eigenvalue weighted by Gasteiger charge is -2.48. The minimum Gasteiger partial charge on any atom is -0.319 e. The maximum atomic E-state index is 3.42. The van der Waals surface area contributed by atoms with Gasteiger partial charge in [0.1, 0.15) is 0 Å². The summed E-state index contributed by atoms with van der Waals surface area (Å²) in [6.07, 6.45) is 9.14. The smallest absolute Gasteiger partial charge is 0.00329 e. The van der Waals surface area contributed by atoms with E-state index in [-0.39, 0.29) is 7.92 Å². The van der Waals surface area contributed by atoms with Crippen LogP contribution in [-0.2, 0) is 0 Å². The van der Waals surface area contributed by atoms with E-state index in [0.717, 1.165) is 12.2 Å². The molecule has 0 aromatic heterocycles. The van der Waals surface area contributed by atoms with Gasteiger partial charge in [-0.1, -0.05) is 73.8 Å². The van der Waals surface area contributed by atoms with Crippen LogP contribution in [0.25, 0.3) is 0 Å². The van der Waals surface area contributed by atoms with Crippen LogP contribution in [0.1, 0.15) is 41.5 Å². The molecule has 1 unspecified atom stereocenters. The molecule has 1 aliphatic rings. The Balaban J connectivity index is 3.05. The zero-order chi connectivity index (χ0) is 14.0. The van der Waals surface area contributed by atoms with Crippen molar-refractivity contribution in [2.75, 3.05) is 13.6 Å². The standard InChI is InChI=1S/C16H30NP/c1-15(2,3)18(16(4,5)6)14(12-17-7)13-10-8-9-11-13/h8-11,13-14,17H,12H2,1-7H3. The first-order valence-electron chi connectivity index (χ1n) is 6.97. The third-order valence-electron chi connectivity index (χ3n) is 3.41. The van der Waals surface area contributed by atoms with Crippen LogP contribution in [0.2, 0.25) is 0 Å². The van der Waals surface area contributed by atoms with Gasteiger partial charge < -0.3 is 5.32 Å². The van der Waals surface area contributed by atoms with Crippen LogP contribution in [-0.4, -0.2) is 29.6 Å². The van der Waals surface area contributed by atoms with Crippen molar-refractivity contribution in [1.82, 2.24) is 5.32 Å². The molecule has 2 heteroatoms. The van der Waals surface area contributed by atoms with Gasteiger partial charge in [-0.15, -0.1) is 0 Å². The summed E-state index contributed by atoms with van der Waals surface area (Å²) in [7, 11) is 1.99. The van der Waals surface area contributed by atoms with Crippen molar-refractivity contribution in [1.29, 1.82) is 0 Å². The lowest BCUT2D eigenvalue weighted by Crippen LogP contribution is -2.39. The molecule has 18 heavy (non-hydrogen) atoms. The van der Waals surface area contributed by atoms with Gasteiger partial charge in [0, 0.05) is 18.1 Å². The zero-order valence-corrected chi connectivity index (χ0v) is 14.0. The minimum absolute atomic E-state index is 0.0881. The molecule has 0 fully saturated rings.